The first-order valence-corrected chi connectivity index (χ1v) is 8.90. The minimum Gasteiger partial charge on any atom is -0.490 e. The minimum atomic E-state index is -0.100. The lowest BCUT2D eigenvalue weighted by atomic mass is 10.1. The van der Waals surface area contributed by atoms with Crippen molar-refractivity contribution in [3.05, 3.63) is 54.0 Å². The summed E-state index contributed by atoms with van der Waals surface area (Å²) in [5, 5.41) is 0. The second-order valence-electron chi connectivity index (χ2n) is 5.78. The fourth-order valence-electron chi connectivity index (χ4n) is 2.19. The maximum atomic E-state index is 12.4. The average Bonchev–Trinajstić information content (AvgIpc) is 3.14. The van der Waals surface area contributed by atoms with Crippen LogP contribution in [0.2, 0.25) is 0 Å². The van der Waals surface area contributed by atoms with Crippen LogP contribution in [0.25, 0.3) is 6.08 Å². The number of hydrogen-bond acceptors (Lipinski definition) is 4. The molecule has 0 aliphatic carbocycles. The van der Waals surface area contributed by atoms with Gasteiger partial charge in [0.25, 0.3) is 0 Å². The van der Waals surface area contributed by atoms with Crippen molar-refractivity contribution in [3.8, 4) is 11.5 Å². The van der Waals surface area contributed by atoms with Gasteiger partial charge in [-0.15, -0.1) is 0 Å². The van der Waals surface area contributed by atoms with Crippen LogP contribution < -0.4 is 9.47 Å². The lowest BCUT2D eigenvalue weighted by Crippen LogP contribution is -2.04. The van der Waals surface area contributed by atoms with Gasteiger partial charge in [0.1, 0.15) is 5.76 Å². The Bertz CT molecular complexity index is 671. The van der Waals surface area contributed by atoms with E-state index in [1.807, 2.05) is 6.07 Å². The van der Waals surface area contributed by atoms with Crippen LogP contribution in [0.4, 0.5) is 0 Å². The van der Waals surface area contributed by atoms with Gasteiger partial charge in [-0.3, -0.25) is 4.79 Å². The topological polar surface area (TPSA) is 48.7 Å². The highest BCUT2D eigenvalue weighted by atomic mass is 16.5. The first-order chi connectivity index (χ1) is 12.2. The molecule has 0 N–H and O–H groups in total. The summed E-state index contributed by atoms with van der Waals surface area (Å²) in [6.45, 7) is 5.49. The standard InChI is InChI=1S/C21H26O4/c1-3-5-13-24-20-12-9-17(16-21(20)25-14-6-4-2)19(22)11-10-18-8-7-15-23-18/h7-12,15-16H,3-6,13-14H2,1-2H3. The minimum absolute atomic E-state index is 0.100. The molecule has 0 atom stereocenters. The summed E-state index contributed by atoms with van der Waals surface area (Å²) in [7, 11) is 0. The van der Waals surface area contributed by atoms with Gasteiger partial charge in [0.2, 0.25) is 0 Å². The van der Waals surface area contributed by atoms with E-state index < -0.39 is 0 Å². The highest BCUT2D eigenvalue weighted by Crippen LogP contribution is 2.29. The zero-order chi connectivity index (χ0) is 17.9. The maximum Gasteiger partial charge on any atom is 0.186 e. The maximum absolute atomic E-state index is 12.4. The van der Waals surface area contributed by atoms with Crippen LogP contribution in [0, 0.1) is 0 Å². The third kappa shape index (κ3) is 6.14. The number of allylic oxidation sites excluding steroid dienone is 1. The molecule has 1 aromatic carbocycles. The molecule has 1 aromatic heterocycles. The number of carbonyl (C=O) groups excluding carboxylic acids is 1. The number of ketones is 1. The Kier molecular flexibility index (Phi) is 7.83. The van der Waals surface area contributed by atoms with E-state index in [9.17, 15) is 4.79 Å². The largest absolute Gasteiger partial charge is 0.490 e. The van der Waals surface area contributed by atoms with Crippen molar-refractivity contribution in [2.24, 2.45) is 0 Å². The summed E-state index contributed by atoms with van der Waals surface area (Å²) in [5.74, 6) is 1.86. The van der Waals surface area contributed by atoms with E-state index >= 15 is 0 Å². The molecule has 0 bridgehead atoms. The molecule has 0 radical (unpaired) electrons. The summed E-state index contributed by atoms with van der Waals surface area (Å²) < 4.78 is 16.8. The molecule has 0 amide bonds. The first-order valence-electron chi connectivity index (χ1n) is 8.90. The molecule has 0 spiro atoms. The zero-order valence-corrected chi connectivity index (χ0v) is 15.0. The number of hydrogen-bond donors (Lipinski definition) is 0. The van der Waals surface area contributed by atoms with Crippen LogP contribution in [0.3, 0.4) is 0 Å². The fourth-order valence-corrected chi connectivity index (χ4v) is 2.19. The Balaban J connectivity index is 2.11. The number of ether oxygens (including phenoxy) is 2. The highest BCUT2D eigenvalue weighted by Gasteiger charge is 2.10. The summed E-state index contributed by atoms with van der Waals surface area (Å²) >= 11 is 0. The molecule has 0 aliphatic heterocycles. The number of furan rings is 1. The van der Waals surface area contributed by atoms with Crippen molar-refractivity contribution >= 4 is 11.9 Å². The van der Waals surface area contributed by atoms with E-state index in [1.54, 1.807) is 36.6 Å². The lowest BCUT2D eigenvalue weighted by Gasteiger charge is -2.13. The predicted molar refractivity (Wildman–Crippen MR) is 99.3 cm³/mol. The molecule has 0 saturated heterocycles. The molecule has 4 heteroatoms. The summed E-state index contributed by atoms with van der Waals surface area (Å²) in [6.07, 6.45) is 8.81. The molecule has 4 nitrogen and oxygen atoms in total. The van der Waals surface area contributed by atoms with Gasteiger partial charge in [-0.05, 0) is 55.3 Å². The van der Waals surface area contributed by atoms with Gasteiger partial charge in [-0.2, -0.15) is 0 Å². The van der Waals surface area contributed by atoms with Crippen molar-refractivity contribution in [2.45, 2.75) is 39.5 Å². The van der Waals surface area contributed by atoms with Crippen LogP contribution in [-0.4, -0.2) is 19.0 Å². The van der Waals surface area contributed by atoms with Crippen LogP contribution >= 0.6 is 0 Å². The van der Waals surface area contributed by atoms with Gasteiger partial charge in [0, 0.05) is 5.56 Å². The molecule has 0 fully saturated rings. The molecule has 2 aromatic rings. The second kappa shape index (κ2) is 10.4. The molecule has 2 rings (SSSR count). The van der Waals surface area contributed by atoms with Crippen LogP contribution in [0.15, 0.2) is 47.1 Å². The van der Waals surface area contributed by atoms with Gasteiger partial charge in [-0.1, -0.05) is 26.7 Å². The van der Waals surface area contributed by atoms with Crippen molar-refractivity contribution in [1.82, 2.24) is 0 Å². The van der Waals surface area contributed by atoms with Crippen LogP contribution in [-0.2, 0) is 0 Å². The van der Waals surface area contributed by atoms with Gasteiger partial charge in [0.05, 0.1) is 19.5 Å². The predicted octanol–water partition coefficient (Wildman–Crippen LogP) is 5.53. The normalized spacial score (nSPS) is 11.0. The average molecular weight is 342 g/mol. The molecule has 0 aliphatic rings. The van der Waals surface area contributed by atoms with E-state index in [0.717, 1.165) is 25.7 Å². The molecule has 25 heavy (non-hydrogen) atoms. The quantitative estimate of drug-likeness (QED) is 0.306. The van der Waals surface area contributed by atoms with Gasteiger partial charge >= 0.3 is 0 Å². The Hall–Kier alpha value is -2.49. The number of rotatable bonds is 11. The zero-order valence-electron chi connectivity index (χ0n) is 15.0. The summed E-state index contributed by atoms with van der Waals surface area (Å²) in [4.78, 5) is 12.4. The van der Waals surface area contributed by atoms with E-state index in [1.165, 1.54) is 6.08 Å². The molecule has 134 valence electrons. The van der Waals surface area contributed by atoms with Crippen molar-refractivity contribution < 1.29 is 18.7 Å². The first kappa shape index (κ1) is 18.8. The Morgan fingerprint density at radius 3 is 2.40 bits per heavy atom. The van der Waals surface area contributed by atoms with E-state index in [-0.39, 0.29) is 5.78 Å². The van der Waals surface area contributed by atoms with Crippen LogP contribution in [0.5, 0.6) is 11.5 Å². The molecule has 0 saturated carbocycles. The number of unbranched alkanes of at least 4 members (excludes halogenated alkanes) is 2. The Labute approximate surface area is 149 Å². The van der Waals surface area contributed by atoms with Crippen molar-refractivity contribution in [3.63, 3.8) is 0 Å². The highest BCUT2D eigenvalue weighted by molar-refractivity contribution is 6.07. The van der Waals surface area contributed by atoms with E-state index in [4.69, 9.17) is 13.9 Å². The SMILES string of the molecule is CCCCOc1ccc(C(=O)C=Cc2ccco2)cc1OCCCC. The van der Waals surface area contributed by atoms with Gasteiger partial charge < -0.3 is 13.9 Å². The van der Waals surface area contributed by atoms with Gasteiger partial charge in [0.15, 0.2) is 17.3 Å². The number of carbonyl (C=O) groups is 1. The Morgan fingerprint density at radius 2 is 1.76 bits per heavy atom. The van der Waals surface area contributed by atoms with Crippen molar-refractivity contribution in [2.75, 3.05) is 13.2 Å². The van der Waals surface area contributed by atoms with E-state index in [0.29, 0.717) is 36.0 Å². The molecular weight excluding hydrogens is 316 g/mol. The molecule has 1 heterocycles. The molecule has 0 unspecified atom stereocenters. The smallest absolute Gasteiger partial charge is 0.186 e. The summed E-state index contributed by atoms with van der Waals surface area (Å²) in [5.41, 5.74) is 0.567. The molecular formula is C21H26O4. The lowest BCUT2D eigenvalue weighted by molar-refractivity contribution is 0.104. The summed E-state index contributed by atoms with van der Waals surface area (Å²) in [6, 6.07) is 8.92. The monoisotopic (exact) mass is 342 g/mol. The van der Waals surface area contributed by atoms with Gasteiger partial charge in [-0.25, -0.2) is 0 Å². The number of benzene rings is 1. The fraction of sp³-hybridized carbons (Fsp3) is 0.381. The third-order valence-corrected chi connectivity index (χ3v) is 3.68. The van der Waals surface area contributed by atoms with Crippen molar-refractivity contribution in [1.29, 1.82) is 0 Å². The van der Waals surface area contributed by atoms with E-state index in [2.05, 4.69) is 13.8 Å². The second-order valence-corrected chi connectivity index (χ2v) is 5.78. The third-order valence-electron chi connectivity index (χ3n) is 3.68. The Morgan fingerprint density at radius 1 is 1.04 bits per heavy atom. The van der Waals surface area contributed by atoms with Crippen LogP contribution in [0.1, 0.15) is 55.6 Å².